The van der Waals surface area contributed by atoms with Crippen LogP contribution in [0.1, 0.15) is 30.7 Å². The average Bonchev–Trinajstić information content (AvgIpc) is 2.89. The maximum atomic E-state index is 11.0. The van der Waals surface area contributed by atoms with E-state index in [9.17, 15) is 9.59 Å². The number of carbonyl (C=O) groups excluding carboxylic acids is 2. The molecule has 2 heterocycles. The Balaban J connectivity index is 2.16. The first-order chi connectivity index (χ1) is 8.20. The number of hydrogen-bond donors (Lipinski definition) is 2. The number of rotatable bonds is 4. The molecule has 0 aliphatic carbocycles. The van der Waals surface area contributed by atoms with E-state index in [1.807, 2.05) is 17.5 Å². The Morgan fingerprint density at radius 2 is 2.06 bits per heavy atom. The Bertz CT molecular complexity index is 435. The summed E-state index contributed by atoms with van der Waals surface area (Å²) in [6, 6.07) is 3.97. The molecule has 0 bridgehead atoms. The highest BCUT2D eigenvalue weighted by atomic mass is 32.1. The van der Waals surface area contributed by atoms with Gasteiger partial charge in [-0.2, -0.15) is 0 Å². The van der Waals surface area contributed by atoms with E-state index in [1.54, 1.807) is 11.3 Å². The standard InChI is InChI=1S/C11H13N3O2S/c1-2-4-7(8-5-3-6-17-8)12-11-13-9(15)10(16)14-11/h3,5-7H,2,4H2,1H3,(H2,12,13,14,15,16). The predicted octanol–water partition coefficient (Wildman–Crippen LogP) is 1.19. The number of thiophene rings is 1. The van der Waals surface area contributed by atoms with Gasteiger partial charge in [-0.15, -0.1) is 11.3 Å². The van der Waals surface area contributed by atoms with E-state index in [0.717, 1.165) is 17.7 Å². The molecule has 0 saturated carbocycles. The molecule has 5 nitrogen and oxygen atoms in total. The van der Waals surface area contributed by atoms with Crippen molar-refractivity contribution in [2.45, 2.75) is 25.8 Å². The number of nitrogens with one attached hydrogen (secondary N) is 2. The molecule has 1 aromatic heterocycles. The van der Waals surface area contributed by atoms with Gasteiger partial charge in [-0.3, -0.25) is 20.2 Å². The van der Waals surface area contributed by atoms with Gasteiger partial charge in [-0.25, -0.2) is 4.99 Å². The summed E-state index contributed by atoms with van der Waals surface area (Å²) in [5.41, 5.74) is 0. The van der Waals surface area contributed by atoms with Gasteiger partial charge < -0.3 is 0 Å². The van der Waals surface area contributed by atoms with Gasteiger partial charge in [0.25, 0.3) is 0 Å². The molecule has 1 aromatic rings. The molecule has 1 aliphatic heterocycles. The van der Waals surface area contributed by atoms with Crippen LogP contribution >= 0.6 is 11.3 Å². The molecule has 1 aliphatic rings. The van der Waals surface area contributed by atoms with E-state index >= 15 is 0 Å². The number of nitrogens with zero attached hydrogens (tertiary/aromatic N) is 1. The first-order valence-electron chi connectivity index (χ1n) is 5.44. The minimum Gasteiger partial charge on any atom is -0.288 e. The molecule has 0 spiro atoms. The Morgan fingerprint density at radius 3 is 2.59 bits per heavy atom. The zero-order chi connectivity index (χ0) is 12.3. The molecule has 17 heavy (non-hydrogen) atoms. The predicted molar refractivity (Wildman–Crippen MR) is 65.7 cm³/mol. The van der Waals surface area contributed by atoms with E-state index in [-0.39, 0.29) is 12.0 Å². The van der Waals surface area contributed by atoms with Gasteiger partial charge in [-0.05, 0) is 17.9 Å². The highest BCUT2D eigenvalue weighted by Crippen LogP contribution is 2.26. The van der Waals surface area contributed by atoms with Gasteiger partial charge in [0, 0.05) is 4.88 Å². The van der Waals surface area contributed by atoms with E-state index in [1.165, 1.54) is 0 Å². The van der Waals surface area contributed by atoms with Gasteiger partial charge >= 0.3 is 11.8 Å². The molecule has 1 saturated heterocycles. The van der Waals surface area contributed by atoms with E-state index in [2.05, 4.69) is 22.5 Å². The minimum atomic E-state index is -0.648. The summed E-state index contributed by atoms with van der Waals surface area (Å²) < 4.78 is 0. The Kier molecular flexibility index (Phi) is 3.53. The summed E-state index contributed by atoms with van der Waals surface area (Å²) in [5.74, 6) is -1.04. The van der Waals surface area contributed by atoms with Crippen LogP contribution in [0.5, 0.6) is 0 Å². The van der Waals surface area contributed by atoms with Crippen molar-refractivity contribution in [3.8, 4) is 0 Å². The molecule has 2 rings (SSSR count). The Labute approximate surface area is 103 Å². The molecular weight excluding hydrogens is 238 g/mol. The average molecular weight is 251 g/mol. The van der Waals surface area contributed by atoms with Crippen molar-refractivity contribution in [1.82, 2.24) is 10.6 Å². The second-order valence-electron chi connectivity index (χ2n) is 3.71. The summed E-state index contributed by atoms with van der Waals surface area (Å²) in [4.78, 5) is 27.5. The van der Waals surface area contributed by atoms with E-state index in [4.69, 9.17) is 0 Å². The Morgan fingerprint density at radius 1 is 1.35 bits per heavy atom. The largest absolute Gasteiger partial charge is 0.316 e. The van der Waals surface area contributed by atoms with E-state index in [0.29, 0.717) is 0 Å². The topological polar surface area (TPSA) is 70.6 Å². The molecule has 2 N–H and O–H groups in total. The second-order valence-corrected chi connectivity index (χ2v) is 4.69. The van der Waals surface area contributed by atoms with Crippen molar-refractivity contribution in [3.63, 3.8) is 0 Å². The van der Waals surface area contributed by atoms with Gasteiger partial charge in [0.1, 0.15) is 0 Å². The lowest BCUT2D eigenvalue weighted by atomic mass is 10.1. The van der Waals surface area contributed by atoms with Gasteiger partial charge in [0.15, 0.2) is 0 Å². The van der Waals surface area contributed by atoms with Crippen molar-refractivity contribution < 1.29 is 9.59 Å². The SMILES string of the molecule is CCCC(N=C1NC(=O)C(=O)N1)c1cccs1. The third-order valence-corrected chi connectivity index (χ3v) is 3.36. The molecule has 0 radical (unpaired) electrons. The van der Waals surface area contributed by atoms with Crippen molar-refractivity contribution in [2.75, 3.05) is 0 Å². The third kappa shape index (κ3) is 2.71. The number of amides is 2. The van der Waals surface area contributed by atoms with Crippen LogP contribution in [-0.4, -0.2) is 17.8 Å². The summed E-state index contributed by atoms with van der Waals surface area (Å²) in [7, 11) is 0. The molecular formula is C11H13N3O2S. The molecule has 6 heteroatoms. The summed E-state index contributed by atoms with van der Waals surface area (Å²) in [6.45, 7) is 2.08. The number of hydrogen-bond acceptors (Lipinski definition) is 4. The second kappa shape index (κ2) is 5.09. The highest BCUT2D eigenvalue weighted by Gasteiger charge is 2.26. The van der Waals surface area contributed by atoms with Crippen molar-refractivity contribution in [1.29, 1.82) is 0 Å². The number of aliphatic imine (C=N–C) groups is 1. The molecule has 1 unspecified atom stereocenters. The highest BCUT2D eigenvalue weighted by molar-refractivity contribution is 7.10. The fourth-order valence-electron chi connectivity index (χ4n) is 1.60. The zero-order valence-corrected chi connectivity index (χ0v) is 10.2. The Hall–Kier alpha value is -1.69. The monoisotopic (exact) mass is 251 g/mol. The van der Waals surface area contributed by atoms with Crippen LogP contribution in [0, 0.1) is 0 Å². The van der Waals surface area contributed by atoms with Gasteiger partial charge in [0.2, 0.25) is 5.96 Å². The first-order valence-corrected chi connectivity index (χ1v) is 6.32. The lowest BCUT2D eigenvalue weighted by Crippen LogP contribution is -2.26. The van der Waals surface area contributed by atoms with E-state index < -0.39 is 11.8 Å². The van der Waals surface area contributed by atoms with Crippen molar-refractivity contribution in [3.05, 3.63) is 22.4 Å². The van der Waals surface area contributed by atoms with Gasteiger partial charge in [-0.1, -0.05) is 19.4 Å². The quantitative estimate of drug-likeness (QED) is 0.789. The first kappa shape index (κ1) is 11.8. The fraction of sp³-hybridized carbons (Fsp3) is 0.364. The van der Waals surface area contributed by atoms with Crippen molar-refractivity contribution in [2.24, 2.45) is 4.99 Å². The number of carbonyl (C=O) groups is 2. The molecule has 2 amide bonds. The summed E-state index contributed by atoms with van der Waals surface area (Å²) >= 11 is 1.62. The molecule has 1 atom stereocenters. The molecule has 90 valence electrons. The molecule has 1 fully saturated rings. The summed E-state index contributed by atoms with van der Waals surface area (Å²) in [6.07, 6.45) is 1.87. The van der Waals surface area contributed by atoms with Crippen LogP contribution in [0.4, 0.5) is 0 Å². The van der Waals surface area contributed by atoms with Crippen LogP contribution in [0.15, 0.2) is 22.5 Å². The van der Waals surface area contributed by atoms with Crippen LogP contribution in [0.2, 0.25) is 0 Å². The summed E-state index contributed by atoms with van der Waals surface area (Å²) in [5, 5.41) is 6.81. The fourth-order valence-corrected chi connectivity index (χ4v) is 2.40. The van der Waals surface area contributed by atoms with Crippen molar-refractivity contribution >= 4 is 29.1 Å². The van der Waals surface area contributed by atoms with Crippen LogP contribution in [0.25, 0.3) is 0 Å². The maximum absolute atomic E-state index is 11.0. The van der Waals surface area contributed by atoms with Crippen LogP contribution in [-0.2, 0) is 9.59 Å². The van der Waals surface area contributed by atoms with Gasteiger partial charge in [0.05, 0.1) is 6.04 Å². The van der Waals surface area contributed by atoms with Crippen LogP contribution < -0.4 is 10.6 Å². The maximum Gasteiger partial charge on any atom is 0.316 e. The lowest BCUT2D eigenvalue weighted by molar-refractivity contribution is -0.135. The minimum absolute atomic E-state index is 0.00583. The lowest BCUT2D eigenvalue weighted by Gasteiger charge is -2.09. The number of guanidine groups is 1. The normalized spacial score (nSPS) is 16.6. The van der Waals surface area contributed by atoms with Crippen LogP contribution in [0.3, 0.4) is 0 Å². The smallest absolute Gasteiger partial charge is 0.288 e. The third-order valence-electron chi connectivity index (χ3n) is 2.39. The molecule has 0 aromatic carbocycles. The zero-order valence-electron chi connectivity index (χ0n) is 9.40.